The molecule has 1 aromatic rings. The van der Waals surface area contributed by atoms with Gasteiger partial charge >= 0.3 is 0 Å². The molecule has 0 bridgehead atoms. The molecule has 7 heteroatoms. The van der Waals surface area contributed by atoms with Crippen LogP contribution in [0.4, 0.5) is 16.2 Å². The Morgan fingerprint density at radius 1 is 1.60 bits per heavy atom. The summed E-state index contributed by atoms with van der Waals surface area (Å²) < 4.78 is 18.0. The molecule has 1 heterocycles. The highest BCUT2D eigenvalue weighted by Crippen LogP contribution is 2.10. The van der Waals surface area contributed by atoms with Gasteiger partial charge in [0.1, 0.15) is 0 Å². The number of hydrazine groups is 1. The molecule has 0 saturated heterocycles. The summed E-state index contributed by atoms with van der Waals surface area (Å²) in [6.07, 6.45) is 1.83. The minimum atomic E-state index is -0.508. The van der Waals surface area contributed by atoms with E-state index in [0.717, 1.165) is 12.6 Å². The number of hydrogen-bond acceptors (Lipinski definition) is 6. The highest BCUT2D eigenvalue weighted by molar-refractivity contribution is 5.40. The first-order valence-corrected chi connectivity index (χ1v) is 4.50. The van der Waals surface area contributed by atoms with Gasteiger partial charge < -0.3 is 10.1 Å². The number of nitrogens with two attached hydrogens (primary N) is 1. The lowest BCUT2D eigenvalue weighted by Gasteiger charge is -2.07. The van der Waals surface area contributed by atoms with Crippen LogP contribution in [0.25, 0.3) is 0 Å². The van der Waals surface area contributed by atoms with Gasteiger partial charge in [0.2, 0.25) is 5.95 Å². The molecule has 15 heavy (non-hydrogen) atoms. The molecule has 4 N–H and O–H groups in total. The van der Waals surface area contributed by atoms with Gasteiger partial charge in [-0.05, 0) is 6.42 Å². The Balaban J connectivity index is 2.51. The van der Waals surface area contributed by atoms with E-state index in [-0.39, 0.29) is 11.8 Å². The van der Waals surface area contributed by atoms with E-state index >= 15 is 0 Å². The fourth-order valence-corrected chi connectivity index (χ4v) is 0.984. The number of anilines is 2. The molecule has 1 rings (SSSR count). The summed E-state index contributed by atoms with van der Waals surface area (Å²) in [5, 5.41) is 2.82. The maximum absolute atomic E-state index is 13.1. The van der Waals surface area contributed by atoms with E-state index in [4.69, 9.17) is 10.6 Å². The van der Waals surface area contributed by atoms with Crippen LogP contribution >= 0.6 is 0 Å². The lowest BCUT2D eigenvalue weighted by Crippen LogP contribution is -2.13. The van der Waals surface area contributed by atoms with Crippen LogP contribution in [0.2, 0.25) is 0 Å². The van der Waals surface area contributed by atoms with Gasteiger partial charge in [0.05, 0.1) is 6.20 Å². The van der Waals surface area contributed by atoms with Crippen molar-refractivity contribution in [2.45, 2.75) is 6.42 Å². The third kappa shape index (κ3) is 3.64. The van der Waals surface area contributed by atoms with Crippen LogP contribution < -0.4 is 16.6 Å². The average molecular weight is 215 g/mol. The molecule has 0 amide bonds. The lowest BCUT2D eigenvalue weighted by molar-refractivity contribution is 0.197. The Kier molecular flexibility index (Phi) is 4.72. The summed E-state index contributed by atoms with van der Waals surface area (Å²) >= 11 is 0. The van der Waals surface area contributed by atoms with Crippen LogP contribution in [-0.2, 0) is 4.74 Å². The first-order chi connectivity index (χ1) is 7.27. The second-order valence-electron chi connectivity index (χ2n) is 2.81. The van der Waals surface area contributed by atoms with E-state index in [1.807, 2.05) is 0 Å². The number of aromatic nitrogens is 2. The van der Waals surface area contributed by atoms with Crippen LogP contribution in [0, 0.1) is 5.82 Å². The minimum Gasteiger partial charge on any atom is -0.385 e. The fraction of sp³-hybridized carbons (Fsp3) is 0.500. The Hall–Kier alpha value is -1.47. The van der Waals surface area contributed by atoms with Crippen molar-refractivity contribution in [3.63, 3.8) is 0 Å². The number of methoxy groups -OCH3 is 1. The van der Waals surface area contributed by atoms with Gasteiger partial charge in [-0.25, -0.2) is 15.2 Å². The van der Waals surface area contributed by atoms with E-state index in [0.29, 0.717) is 13.2 Å². The number of rotatable bonds is 6. The van der Waals surface area contributed by atoms with Crippen molar-refractivity contribution < 1.29 is 9.13 Å². The summed E-state index contributed by atoms with van der Waals surface area (Å²) in [4.78, 5) is 7.43. The third-order valence-corrected chi connectivity index (χ3v) is 1.69. The summed E-state index contributed by atoms with van der Waals surface area (Å²) in [7, 11) is 1.61. The Labute approximate surface area is 87.0 Å². The van der Waals surface area contributed by atoms with E-state index in [1.54, 1.807) is 7.11 Å². The van der Waals surface area contributed by atoms with Crippen LogP contribution in [-0.4, -0.2) is 30.2 Å². The zero-order valence-corrected chi connectivity index (χ0v) is 8.46. The quantitative estimate of drug-likeness (QED) is 0.360. The average Bonchev–Trinajstić information content (AvgIpc) is 2.26. The van der Waals surface area contributed by atoms with Gasteiger partial charge in [-0.1, -0.05) is 0 Å². The summed E-state index contributed by atoms with van der Waals surface area (Å²) in [6.45, 7) is 1.19. The van der Waals surface area contributed by atoms with Crippen molar-refractivity contribution >= 4 is 11.8 Å². The van der Waals surface area contributed by atoms with Gasteiger partial charge in [-0.15, -0.1) is 0 Å². The molecule has 0 fully saturated rings. The Morgan fingerprint density at radius 2 is 2.40 bits per heavy atom. The smallest absolute Gasteiger partial charge is 0.239 e. The zero-order chi connectivity index (χ0) is 11.1. The molecular weight excluding hydrogens is 201 g/mol. The first-order valence-electron chi connectivity index (χ1n) is 4.50. The van der Waals surface area contributed by atoms with E-state index in [2.05, 4.69) is 20.7 Å². The molecule has 0 aliphatic rings. The normalized spacial score (nSPS) is 10.1. The van der Waals surface area contributed by atoms with Gasteiger partial charge in [0.25, 0.3) is 0 Å². The molecule has 0 aliphatic heterocycles. The van der Waals surface area contributed by atoms with Crippen LogP contribution in [0.5, 0.6) is 0 Å². The van der Waals surface area contributed by atoms with Gasteiger partial charge in [-0.3, -0.25) is 5.43 Å². The number of nitrogens with zero attached hydrogens (tertiary/aromatic N) is 2. The highest BCUT2D eigenvalue weighted by atomic mass is 19.1. The van der Waals surface area contributed by atoms with Crippen LogP contribution in [0.1, 0.15) is 6.42 Å². The molecule has 0 spiro atoms. The van der Waals surface area contributed by atoms with E-state index in [9.17, 15) is 4.39 Å². The molecule has 0 unspecified atom stereocenters. The molecule has 0 aromatic carbocycles. The Morgan fingerprint density at radius 3 is 3.07 bits per heavy atom. The maximum atomic E-state index is 13.1. The van der Waals surface area contributed by atoms with Crippen molar-refractivity contribution in [1.82, 2.24) is 9.97 Å². The molecule has 0 saturated carbocycles. The standard InChI is InChI=1S/C8H14FN5O/c1-15-4-2-3-11-7-6(9)5-12-8(13-7)14-10/h5H,2-4,10H2,1H3,(H2,11,12,13,14). The van der Waals surface area contributed by atoms with Crippen LogP contribution in [0.15, 0.2) is 6.20 Å². The molecular formula is C8H14FN5O. The number of halogens is 1. The molecule has 0 aliphatic carbocycles. The van der Waals surface area contributed by atoms with Gasteiger partial charge in [-0.2, -0.15) is 4.98 Å². The minimum absolute atomic E-state index is 0.133. The predicted molar refractivity (Wildman–Crippen MR) is 54.8 cm³/mol. The molecule has 0 atom stereocenters. The third-order valence-electron chi connectivity index (χ3n) is 1.69. The van der Waals surface area contributed by atoms with E-state index < -0.39 is 5.82 Å². The first kappa shape index (κ1) is 11.6. The van der Waals surface area contributed by atoms with Crippen molar-refractivity contribution in [2.75, 3.05) is 31.0 Å². The molecule has 84 valence electrons. The van der Waals surface area contributed by atoms with Crippen molar-refractivity contribution in [3.05, 3.63) is 12.0 Å². The molecule has 0 radical (unpaired) electrons. The van der Waals surface area contributed by atoms with Gasteiger partial charge in [0, 0.05) is 20.3 Å². The largest absolute Gasteiger partial charge is 0.385 e. The summed E-state index contributed by atoms with van der Waals surface area (Å²) in [5.74, 6) is 4.90. The van der Waals surface area contributed by atoms with Crippen molar-refractivity contribution in [1.29, 1.82) is 0 Å². The predicted octanol–water partition coefficient (Wildman–Crippen LogP) is 0.350. The van der Waals surface area contributed by atoms with Crippen LogP contribution in [0.3, 0.4) is 0 Å². The highest BCUT2D eigenvalue weighted by Gasteiger charge is 2.04. The SMILES string of the molecule is COCCCNc1nc(NN)ncc1F. The number of ether oxygens (including phenoxy) is 1. The Bertz CT molecular complexity index is 309. The van der Waals surface area contributed by atoms with E-state index in [1.165, 1.54) is 0 Å². The summed E-state index contributed by atoms with van der Waals surface area (Å²) in [5.41, 5.74) is 2.24. The number of nitrogens with one attached hydrogen (secondary N) is 2. The summed E-state index contributed by atoms with van der Waals surface area (Å²) in [6, 6.07) is 0. The van der Waals surface area contributed by atoms with Crippen molar-refractivity contribution in [2.24, 2.45) is 5.84 Å². The van der Waals surface area contributed by atoms with Gasteiger partial charge in [0.15, 0.2) is 11.6 Å². The molecule has 6 nitrogen and oxygen atoms in total. The lowest BCUT2D eigenvalue weighted by atomic mass is 10.4. The second-order valence-corrected chi connectivity index (χ2v) is 2.81. The monoisotopic (exact) mass is 215 g/mol. The number of hydrogen-bond donors (Lipinski definition) is 3. The zero-order valence-electron chi connectivity index (χ0n) is 8.46. The maximum Gasteiger partial charge on any atom is 0.239 e. The second kappa shape index (κ2) is 6.10. The fourth-order valence-electron chi connectivity index (χ4n) is 0.984. The topological polar surface area (TPSA) is 85.1 Å². The number of nitrogen functional groups attached to an aromatic ring is 1. The van der Waals surface area contributed by atoms with Crippen molar-refractivity contribution in [3.8, 4) is 0 Å². The molecule has 1 aromatic heterocycles.